The number of carbonyl (C=O) groups is 2. The van der Waals surface area contributed by atoms with E-state index in [1.807, 2.05) is 0 Å². The Bertz CT molecular complexity index is 820. The maximum Gasteiger partial charge on any atom is 0.337 e. The van der Waals surface area contributed by atoms with Crippen LogP contribution in [0.1, 0.15) is 26.3 Å². The fourth-order valence-electron chi connectivity index (χ4n) is 2.40. The van der Waals surface area contributed by atoms with Crippen molar-refractivity contribution in [3.05, 3.63) is 64.7 Å². The second-order valence-electron chi connectivity index (χ2n) is 5.08. The Hall–Kier alpha value is -3.08. The van der Waals surface area contributed by atoms with Gasteiger partial charge in [0.05, 0.1) is 18.2 Å². The molecule has 1 N–H and O–H groups in total. The van der Waals surface area contributed by atoms with Crippen LogP contribution in [0.3, 0.4) is 0 Å². The van der Waals surface area contributed by atoms with E-state index in [0.717, 1.165) is 0 Å². The standard InChI is InChI=1S/C18H14O5/c1-22-18(21)12-4-2-3-11(7-12)8-13-10-23-16-6-5-14(19)9-15(16)17(13)20/h2-9,19H,10H2,1H3/b13-8+. The molecule has 116 valence electrons. The van der Waals surface area contributed by atoms with Crippen LogP contribution in [0.5, 0.6) is 11.5 Å². The van der Waals surface area contributed by atoms with Gasteiger partial charge in [-0.15, -0.1) is 0 Å². The fourth-order valence-corrected chi connectivity index (χ4v) is 2.40. The van der Waals surface area contributed by atoms with Crippen LogP contribution in [0, 0.1) is 0 Å². The van der Waals surface area contributed by atoms with Gasteiger partial charge < -0.3 is 14.6 Å². The second kappa shape index (κ2) is 5.96. The molecule has 0 unspecified atom stereocenters. The maximum atomic E-state index is 12.5. The third kappa shape index (κ3) is 2.94. The predicted octanol–water partition coefficient (Wildman–Crippen LogP) is 2.84. The summed E-state index contributed by atoms with van der Waals surface area (Å²) in [5.74, 6) is -0.180. The number of Topliss-reactive ketones (excluding diaryl/α,β-unsaturated/α-hetero) is 1. The van der Waals surface area contributed by atoms with Crippen molar-refractivity contribution in [1.29, 1.82) is 0 Å². The van der Waals surface area contributed by atoms with Gasteiger partial charge in [-0.25, -0.2) is 4.79 Å². The zero-order valence-corrected chi connectivity index (χ0v) is 12.4. The van der Waals surface area contributed by atoms with Gasteiger partial charge in [0.15, 0.2) is 5.78 Å². The number of rotatable bonds is 2. The molecule has 0 bridgehead atoms. The molecule has 0 radical (unpaired) electrons. The van der Waals surface area contributed by atoms with Gasteiger partial charge in [-0.2, -0.15) is 0 Å². The third-order valence-corrected chi connectivity index (χ3v) is 3.53. The average Bonchev–Trinajstić information content (AvgIpc) is 2.57. The number of phenols is 1. The minimum absolute atomic E-state index is 0.00892. The number of phenolic OH excluding ortho intramolecular Hbond substituents is 1. The van der Waals surface area contributed by atoms with E-state index >= 15 is 0 Å². The van der Waals surface area contributed by atoms with Crippen molar-refractivity contribution in [1.82, 2.24) is 0 Å². The lowest BCUT2D eigenvalue weighted by Crippen LogP contribution is -2.18. The number of fused-ring (bicyclic) bond motifs is 1. The van der Waals surface area contributed by atoms with E-state index in [4.69, 9.17) is 4.74 Å². The molecule has 0 aromatic heterocycles. The van der Waals surface area contributed by atoms with Crippen LogP contribution in [0.25, 0.3) is 6.08 Å². The Morgan fingerprint density at radius 1 is 1.26 bits per heavy atom. The minimum Gasteiger partial charge on any atom is -0.508 e. The van der Waals surface area contributed by atoms with Crippen molar-refractivity contribution in [2.45, 2.75) is 0 Å². The van der Waals surface area contributed by atoms with Crippen LogP contribution in [-0.2, 0) is 4.74 Å². The van der Waals surface area contributed by atoms with Crippen molar-refractivity contribution in [2.75, 3.05) is 13.7 Å². The highest BCUT2D eigenvalue weighted by Gasteiger charge is 2.23. The van der Waals surface area contributed by atoms with Gasteiger partial charge in [-0.05, 0) is 42.0 Å². The van der Waals surface area contributed by atoms with Crippen LogP contribution in [0.2, 0.25) is 0 Å². The van der Waals surface area contributed by atoms with Crippen LogP contribution in [0.4, 0.5) is 0 Å². The van der Waals surface area contributed by atoms with Crippen LogP contribution >= 0.6 is 0 Å². The molecule has 3 rings (SSSR count). The van der Waals surface area contributed by atoms with Crippen LogP contribution in [0.15, 0.2) is 48.0 Å². The molecule has 0 aliphatic carbocycles. The van der Waals surface area contributed by atoms with Crippen LogP contribution < -0.4 is 4.74 Å². The molecule has 5 heteroatoms. The van der Waals surface area contributed by atoms with E-state index in [-0.39, 0.29) is 18.1 Å². The highest BCUT2D eigenvalue weighted by atomic mass is 16.5. The molecule has 2 aromatic carbocycles. The van der Waals surface area contributed by atoms with E-state index in [9.17, 15) is 14.7 Å². The Balaban J connectivity index is 1.95. The fraction of sp³-hybridized carbons (Fsp3) is 0.111. The van der Waals surface area contributed by atoms with Crippen molar-refractivity contribution in [2.24, 2.45) is 0 Å². The lowest BCUT2D eigenvalue weighted by molar-refractivity contribution is 0.0600. The molecular weight excluding hydrogens is 296 g/mol. The van der Waals surface area contributed by atoms with Crippen molar-refractivity contribution in [3.63, 3.8) is 0 Å². The van der Waals surface area contributed by atoms with Crippen molar-refractivity contribution in [3.8, 4) is 11.5 Å². The van der Waals surface area contributed by atoms with E-state index < -0.39 is 5.97 Å². The molecule has 0 saturated carbocycles. The summed E-state index contributed by atoms with van der Waals surface area (Å²) in [5.41, 5.74) is 1.88. The van der Waals surface area contributed by atoms with Crippen molar-refractivity contribution < 1.29 is 24.2 Å². The van der Waals surface area contributed by atoms with Crippen LogP contribution in [-0.4, -0.2) is 30.6 Å². The first-order valence-electron chi connectivity index (χ1n) is 6.98. The summed E-state index contributed by atoms with van der Waals surface area (Å²) >= 11 is 0. The number of benzene rings is 2. The molecule has 5 nitrogen and oxygen atoms in total. The summed E-state index contributed by atoms with van der Waals surface area (Å²) < 4.78 is 10.2. The van der Waals surface area contributed by atoms with Gasteiger partial charge in [0, 0.05) is 5.57 Å². The Morgan fingerprint density at radius 2 is 2.09 bits per heavy atom. The normalized spacial score (nSPS) is 15.0. The second-order valence-corrected chi connectivity index (χ2v) is 5.08. The SMILES string of the molecule is COC(=O)c1cccc(/C=C2\COc3ccc(O)cc3C2=O)c1. The first-order valence-corrected chi connectivity index (χ1v) is 6.98. The van der Waals surface area contributed by atoms with Gasteiger partial charge in [0.1, 0.15) is 18.1 Å². The lowest BCUT2D eigenvalue weighted by Gasteiger charge is -2.18. The molecule has 23 heavy (non-hydrogen) atoms. The van der Waals surface area contributed by atoms with Gasteiger partial charge >= 0.3 is 5.97 Å². The molecule has 1 aliphatic rings. The highest BCUT2D eigenvalue weighted by Crippen LogP contribution is 2.30. The first kappa shape index (κ1) is 14.8. The Kier molecular flexibility index (Phi) is 3.85. The van der Waals surface area contributed by atoms with Gasteiger partial charge in [0.2, 0.25) is 0 Å². The summed E-state index contributed by atoms with van der Waals surface area (Å²) in [6, 6.07) is 11.2. The molecular formula is C18H14O5. The molecule has 0 spiro atoms. The van der Waals surface area contributed by atoms with Gasteiger partial charge in [-0.3, -0.25) is 4.79 Å². The highest BCUT2D eigenvalue weighted by molar-refractivity contribution is 6.14. The summed E-state index contributed by atoms with van der Waals surface area (Å²) in [6.45, 7) is 0.138. The monoisotopic (exact) mass is 310 g/mol. The molecule has 0 fully saturated rings. The van der Waals surface area contributed by atoms with E-state index in [2.05, 4.69) is 4.74 Å². The number of methoxy groups -OCH3 is 1. The van der Waals surface area contributed by atoms with E-state index in [1.165, 1.54) is 19.2 Å². The number of carbonyl (C=O) groups excluding carboxylic acids is 2. The number of hydrogen-bond acceptors (Lipinski definition) is 5. The van der Waals surface area contributed by atoms with E-state index in [1.54, 1.807) is 36.4 Å². The summed E-state index contributed by atoms with van der Waals surface area (Å²) in [5, 5.41) is 9.53. The quantitative estimate of drug-likeness (QED) is 0.682. The number of ether oxygens (including phenoxy) is 2. The summed E-state index contributed by atoms with van der Waals surface area (Å²) in [6.07, 6.45) is 1.67. The minimum atomic E-state index is -0.438. The molecule has 0 amide bonds. The number of hydrogen-bond donors (Lipinski definition) is 1. The largest absolute Gasteiger partial charge is 0.508 e. The molecule has 1 heterocycles. The van der Waals surface area contributed by atoms with Gasteiger partial charge in [0.25, 0.3) is 0 Å². The summed E-state index contributed by atoms with van der Waals surface area (Å²) in [4.78, 5) is 24.1. The maximum absolute atomic E-state index is 12.5. The molecule has 0 atom stereocenters. The molecule has 1 aliphatic heterocycles. The number of esters is 1. The molecule has 2 aromatic rings. The Labute approximate surface area is 132 Å². The first-order chi connectivity index (χ1) is 11.1. The summed E-state index contributed by atoms with van der Waals surface area (Å²) in [7, 11) is 1.31. The average molecular weight is 310 g/mol. The molecule has 0 saturated heterocycles. The van der Waals surface area contributed by atoms with Gasteiger partial charge in [-0.1, -0.05) is 12.1 Å². The zero-order valence-electron chi connectivity index (χ0n) is 12.4. The Morgan fingerprint density at radius 3 is 2.87 bits per heavy atom. The number of ketones is 1. The zero-order chi connectivity index (χ0) is 16.4. The van der Waals surface area contributed by atoms with Crippen molar-refractivity contribution >= 4 is 17.8 Å². The van der Waals surface area contributed by atoms with E-state index in [0.29, 0.717) is 28.0 Å². The number of aromatic hydroxyl groups is 1. The topological polar surface area (TPSA) is 72.8 Å². The lowest BCUT2D eigenvalue weighted by atomic mass is 9.98. The smallest absolute Gasteiger partial charge is 0.337 e. The predicted molar refractivity (Wildman–Crippen MR) is 83.7 cm³/mol. The third-order valence-electron chi connectivity index (χ3n) is 3.53.